The number of hydrogen-bond acceptors (Lipinski definition) is 4. The van der Waals surface area contributed by atoms with Crippen LogP contribution in [0.2, 0.25) is 5.15 Å². The van der Waals surface area contributed by atoms with Gasteiger partial charge in [0.05, 0.1) is 32.1 Å². The molecule has 0 unspecified atom stereocenters. The highest BCUT2D eigenvalue weighted by Gasteiger charge is 2.35. The van der Waals surface area contributed by atoms with E-state index in [1.54, 1.807) is 6.07 Å². The number of hydrogen-bond donors (Lipinski definition) is 1. The van der Waals surface area contributed by atoms with Gasteiger partial charge in [-0.3, -0.25) is 0 Å². The summed E-state index contributed by atoms with van der Waals surface area (Å²) in [5.41, 5.74) is 1.48. The molecule has 0 aliphatic carbocycles. The van der Waals surface area contributed by atoms with Crippen LogP contribution in [-0.2, 0) is 22.9 Å². The van der Waals surface area contributed by atoms with E-state index >= 15 is 0 Å². The monoisotopic (exact) mass is 490 g/mol. The van der Waals surface area contributed by atoms with Crippen molar-refractivity contribution >= 4 is 11.6 Å². The van der Waals surface area contributed by atoms with E-state index in [1.165, 1.54) is 24.9 Å². The Bertz CT molecular complexity index is 1120. The first kappa shape index (κ1) is 24.5. The van der Waals surface area contributed by atoms with Gasteiger partial charge in [-0.25, -0.2) is 4.98 Å². The summed E-state index contributed by atoms with van der Waals surface area (Å²) in [6.07, 6.45) is -1.31. The van der Waals surface area contributed by atoms with Gasteiger partial charge in [0.2, 0.25) is 0 Å². The van der Waals surface area contributed by atoms with E-state index in [0.717, 1.165) is 38.1 Å². The minimum absolute atomic E-state index is 0.0556. The Morgan fingerprint density at radius 3 is 2.47 bits per heavy atom. The van der Waals surface area contributed by atoms with E-state index < -0.39 is 11.7 Å². The molecule has 8 heteroatoms. The average molecular weight is 491 g/mol. The van der Waals surface area contributed by atoms with Crippen LogP contribution in [0.25, 0.3) is 11.1 Å². The summed E-state index contributed by atoms with van der Waals surface area (Å²) in [6, 6.07) is 15.6. The Hall–Kier alpha value is -2.61. The third-order valence-electron chi connectivity index (χ3n) is 6.28. The van der Waals surface area contributed by atoms with Gasteiger partial charge in [-0.2, -0.15) is 13.2 Å². The summed E-state index contributed by atoms with van der Waals surface area (Å²) in [6.45, 7) is 2.22. The quantitative estimate of drug-likeness (QED) is 0.396. The summed E-state index contributed by atoms with van der Waals surface area (Å²) in [7, 11) is 1.44. The normalized spacial score (nSPS) is 15.8. The van der Waals surface area contributed by atoms with E-state index in [2.05, 4.69) is 22.4 Å². The third-order valence-corrected chi connectivity index (χ3v) is 6.49. The Balaban J connectivity index is 1.62. The number of nitrogens with one attached hydrogen (secondary N) is 1. The summed E-state index contributed by atoms with van der Waals surface area (Å²) >= 11 is 6.02. The smallest absolute Gasteiger partial charge is 0.416 e. The maximum absolute atomic E-state index is 13.7. The van der Waals surface area contributed by atoms with Crippen molar-refractivity contribution in [2.75, 3.05) is 26.8 Å². The highest BCUT2D eigenvalue weighted by molar-refractivity contribution is 6.29. The minimum Gasteiger partial charge on any atom is -0.494 e. The fourth-order valence-electron chi connectivity index (χ4n) is 4.48. The highest BCUT2D eigenvalue weighted by atomic mass is 35.5. The lowest BCUT2D eigenvalue weighted by molar-refractivity contribution is -0.137. The number of aromatic nitrogens is 1. The number of ether oxygens (including phenoxy) is 2. The van der Waals surface area contributed by atoms with Crippen molar-refractivity contribution in [3.05, 3.63) is 82.6 Å². The number of pyridine rings is 1. The van der Waals surface area contributed by atoms with Crippen molar-refractivity contribution in [3.63, 3.8) is 0 Å². The molecule has 3 aromatic rings. The molecule has 34 heavy (non-hydrogen) atoms. The first-order chi connectivity index (χ1) is 16.3. The largest absolute Gasteiger partial charge is 0.494 e. The second-order valence-corrected chi connectivity index (χ2v) is 8.90. The molecule has 1 aliphatic rings. The molecule has 1 aromatic heterocycles. The fraction of sp³-hybridized carbons (Fsp3) is 0.346. The van der Waals surface area contributed by atoms with Gasteiger partial charge in [-0.1, -0.05) is 41.9 Å². The molecule has 0 saturated carbocycles. The zero-order valence-corrected chi connectivity index (χ0v) is 19.5. The molecule has 1 fully saturated rings. The molecule has 0 amide bonds. The summed E-state index contributed by atoms with van der Waals surface area (Å²) in [5.74, 6) is 0.341. The summed E-state index contributed by atoms with van der Waals surface area (Å²) < 4.78 is 52.5. The van der Waals surface area contributed by atoms with Crippen LogP contribution in [0.5, 0.6) is 5.75 Å². The second kappa shape index (κ2) is 10.3. The van der Waals surface area contributed by atoms with Crippen molar-refractivity contribution in [1.29, 1.82) is 0 Å². The number of methoxy groups -OCH3 is 1. The molecule has 0 spiro atoms. The van der Waals surface area contributed by atoms with E-state index in [1.807, 2.05) is 18.2 Å². The molecule has 4 rings (SSSR count). The zero-order chi connectivity index (χ0) is 24.2. The van der Waals surface area contributed by atoms with E-state index in [-0.39, 0.29) is 17.2 Å². The Morgan fingerprint density at radius 2 is 1.79 bits per heavy atom. The van der Waals surface area contributed by atoms with E-state index in [0.29, 0.717) is 29.0 Å². The number of halogens is 4. The molecule has 0 bridgehead atoms. The van der Waals surface area contributed by atoms with E-state index in [9.17, 15) is 13.2 Å². The van der Waals surface area contributed by atoms with Crippen LogP contribution in [0.4, 0.5) is 13.2 Å². The molecular weight excluding hydrogens is 465 g/mol. The first-order valence-corrected chi connectivity index (χ1v) is 11.4. The number of piperidine rings is 1. The van der Waals surface area contributed by atoms with Gasteiger partial charge < -0.3 is 14.8 Å². The molecular formula is C26H26ClF3N2O2. The average Bonchev–Trinajstić information content (AvgIpc) is 2.84. The molecule has 2 heterocycles. The van der Waals surface area contributed by atoms with Crippen LogP contribution < -0.4 is 10.1 Å². The van der Waals surface area contributed by atoms with Crippen molar-refractivity contribution < 1.29 is 22.6 Å². The predicted octanol–water partition coefficient (Wildman–Crippen LogP) is 6.27. The molecule has 1 N–H and O–H groups in total. The Morgan fingerprint density at radius 1 is 1.06 bits per heavy atom. The SMILES string of the molecule is COc1cnc(Cl)cc1-c1cc(COCC2(c3ccccc3)CCNCC2)cc(C(F)(F)F)c1. The lowest BCUT2D eigenvalue weighted by Gasteiger charge is -2.38. The first-order valence-electron chi connectivity index (χ1n) is 11.1. The molecule has 1 aliphatic heterocycles. The van der Waals surface area contributed by atoms with Gasteiger partial charge in [0.1, 0.15) is 10.9 Å². The van der Waals surface area contributed by atoms with Crippen LogP contribution in [0.15, 0.2) is 60.8 Å². The lowest BCUT2D eigenvalue weighted by Crippen LogP contribution is -2.43. The van der Waals surface area contributed by atoms with Crippen LogP contribution >= 0.6 is 11.6 Å². The minimum atomic E-state index is -4.50. The lowest BCUT2D eigenvalue weighted by atomic mass is 9.74. The van der Waals surface area contributed by atoms with Crippen LogP contribution in [0.3, 0.4) is 0 Å². The summed E-state index contributed by atoms with van der Waals surface area (Å²) in [5, 5.41) is 3.54. The molecule has 2 aromatic carbocycles. The number of alkyl halides is 3. The summed E-state index contributed by atoms with van der Waals surface area (Å²) in [4.78, 5) is 3.96. The van der Waals surface area contributed by atoms with E-state index in [4.69, 9.17) is 21.1 Å². The molecule has 1 saturated heterocycles. The molecule has 0 atom stereocenters. The van der Waals surface area contributed by atoms with Crippen LogP contribution in [0, 0.1) is 0 Å². The van der Waals surface area contributed by atoms with Gasteiger partial charge in [-0.15, -0.1) is 0 Å². The molecule has 4 nitrogen and oxygen atoms in total. The van der Waals surface area contributed by atoms with Gasteiger partial charge in [0, 0.05) is 11.0 Å². The Labute approximate surface area is 202 Å². The Kier molecular flexibility index (Phi) is 7.45. The second-order valence-electron chi connectivity index (χ2n) is 8.51. The molecule has 0 radical (unpaired) electrons. The standard InChI is InChI=1S/C26H26ClF3N2O2/c1-33-23-15-32-24(27)14-22(23)19-11-18(12-21(13-19)26(28,29)30)16-34-17-25(7-9-31-10-8-25)20-5-3-2-4-6-20/h2-6,11-15,31H,7-10,16-17H2,1H3. The van der Waals surface area contributed by atoms with Crippen LogP contribution in [-0.4, -0.2) is 31.8 Å². The highest BCUT2D eigenvalue weighted by Crippen LogP contribution is 2.38. The van der Waals surface area contributed by atoms with Crippen molar-refractivity contribution in [3.8, 4) is 16.9 Å². The van der Waals surface area contributed by atoms with Gasteiger partial charge in [-0.05, 0) is 66.9 Å². The number of benzene rings is 2. The topological polar surface area (TPSA) is 43.4 Å². The van der Waals surface area contributed by atoms with Crippen molar-refractivity contribution in [2.24, 2.45) is 0 Å². The van der Waals surface area contributed by atoms with Gasteiger partial charge >= 0.3 is 6.18 Å². The fourth-order valence-corrected chi connectivity index (χ4v) is 4.64. The van der Waals surface area contributed by atoms with Gasteiger partial charge in [0.15, 0.2) is 0 Å². The van der Waals surface area contributed by atoms with Gasteiger partial charge in [0.25, 0.3) is 0 Å². The number of rotatable bonds is 7. The maximum Gasteiger partial charge on any atom is 0.416 e. The third kappa shape index (κ3) is 5.54. The van der Waals surface area contributed by atoms with Crippen molar-refractivity contribution in [2.45, 2.75) is 31.0 Å². The van der Waals surface area contributed by atoms with Crippen molar-refractivity contribution in [1.82, 2.24) is 10.3 Å². The molecule has 180 valence electrons. The van der Waals surface area contributed by atoms with Crippen LogP contribution in [0.1, 0.15) is 29.5 Å². The zero-order valence-electron chi connectivity index (χ0n) is 18.8. The number of nitrogens with zero attached hydrogens (tertiary/aromatic N) is 1. The maximum atomic E-state index is 13.7. The predicted molar refractivity (Wildman–Crippen MR) is 126 cm³/mol.